The highest BCUT2D eigenvalue weighted by molar-refractivity contribution is 9.10. The van der Waals surface area contributed by atoms with Crippen molar-refractivity contribution in [3.63, 3.8) is 0 Å². The summed E-state index contributed by atoms with van der Waals surface area (Å²) in [5.41, 5.74) is 3.71. The summed E-state index contributed by atoms with van der Waals surface area (Å²) in [6.45, 7) is 3.97. The van der Waals surface area contributed by atoms with Gasteiger partial charge in [0.25, 0.3) is 11.6 Å². The van der Waals surface area contributed by atoms with E-state index < -0.39 is 11.0 Å². The first kappa shape index (κ1) is 27.0. The molecule has 3 aromatic heterocycles. The molecule has 0 spiro atoms. The number of halogens is 1. The molecular formula is C29H24BrN9O3. The third kappa shape index (κ3) is 5.05. The van der Waals surface area contributed by atoms with Crippen LogP contribution in [0.25, 0.3) is 16.9 Å². The molecule has 0 saturated heterocycles. The molecule has 0 radical (unpaired) electrons. The van der Waals surface area contributed by atoms with Gasteiger partial charge in [0.1, 0.15) is 18.2 Å². The first-order valence-electron chi connectivity index (χ1n) is 13.0. The Bertz CT molecular complexity index is 1810. The Hall–Kier alpha value is -5.17. The number of hydrogen-bond acceptors (Lipinski definition) is 8. The van der Waals surface area contributed by atoms with Gasteiger partial charge in [-0.15, -0.1) is 0 Å². The Balaban J connectivity index is 1.56. The lowest BCUT2D eigenvalue weighted by molar-refractivity contribution is -0.384. The molecule has 1 unspecified atom stereocenters. The minimum absolute atomic E-state index is 0.0349. The summed E-state index contributed by atoms with van der Waals surface area (Å²) in [6.07, 6.45) is 4.89. The fourth-order valence-electron chi connectivity index (χ4n) is 4.87. The summed E-state index contributed by atoms with van der Waals surface area (Å²) in [7, 11) is 0. The normalized spacial score (nSPS) is 14.4. The van der Waals surface area contributed by atoms with Gasteiger partial charge in [0.15, 0.2) is 0 Å². The molecule has 13 heteroatoms. The van der Waals surface area contributed by atoms with Crippen LogP contribution in [0.3, 0.4) is 0 Å². The van der Waals surface area contributed by atoms with Crippen LogP contribution in [0.5, 0.6) is 0 Å². The number of hydrogen-bond donors (Lipinski definition) is 2. The molecule has 1 atom stereocenters. The molecule has 1 aliphatic heterocycles. The number of anilines is 2. The first-order chi connectivity index (χ1) is 20.3. The maximum Gasteiger partial charge on any atom is 0.269 e. The van der Waals surface area contributed by atoms with Crippen molar-refractivity contribution in [2.75, 3.05) is 10.6 Å². The second-order valence-electron chi connectivity index (χ2n) is 9.87. The lowest BCUT2D eigenvalue weighted by atomic mass is 9.90. The molecule has 0 bridgehead atoms. The second kappa shape index (κ2) is 11.0. The minimum atomic E-state index is -0.737. The third-order valence-corrected chi connectivity index (χ3v) is 7.30. The van der Waals surface area contributed by atoms with E-state index in [0.29, 0.717) is 39.9 Å². The number of para-hydroxylation sites is 1. The third-order valence-electron chi connectivity index (χ3n) is 6.83. The van der Waals surface area contributed by atoms with Gasteiger partial charge in [-0.3, -0.25) is 14.9 Å². The number of fused-ring (bicyclic) bond motifs is 1. The van der Waals surface area contributed by atoms with Crippen LogP contribution in [-0.2, 0) is 4.79 Å². The van der Waals surface area contributed by atoms with Crippen LogP contribution in [0.2, 0.25) is 0 Å². The van der Waals surface area contributed by atoms with Crippen LogP contribution in [0.15, 0.2) is 101 Å². The number of aromatic nitrogens is 6. The predicted molar refractivity (Wildman–Crippen MR) is 160 cm³/mol. The Labute approximate surface area is 248 Å². The Morgan fingerprint density at radius 1 is 1.07 bits per heavy atom. The average Bonchev–Trinajstić information content (AvgIpc) is 3.65. The summed E-state index contributed by atoms with van der Waals surface area (Å²) in [4.78, 5) is 33.7. The highest BCUT2D eigenvalue weighted by atomic mass is 79.9. The van der Waals surface area contributed by atoms with Crippen molar-refractivity contribution in [1.29, 1.82) is 0 Å². The standard InChI is InChI=1S/C29H24BrN9O3/c1-17(2)25-24(28(40)34-23-13-10-19(30)14-31-23)27(38-29(35-25)32-16-33-38)22-15-37(20-6-4-3-5-7-20)36-26(22)18-8-11-21(12-9-18)39(41)42/h3-17,27H,1-2H3,(H,31,34,40)(H,32,33,35). The van der Waals surface area contributed by atoms with Gasteiger partial charge < -0.3 is 10.6 Å². The molecule has 0 aliphatic carbocycles. The number of allylic oxidation sites excluding steroid dienone is 1. The topological polar surface area (TPSA) is 146 Å². The van der Waals surface area contributed by atoms with Gasteiger partial charge >= 0.3 is 0 Å². The summed E-state index contributed by atoms with van der Waals surface area (Å²) < 4.78 is 4.16. The lowest BCUT2D eigenvalue weighted by Crippen LogP contribution is -2.33. The van der Waals surface area contributed by atoms with E-state index in [0.717, 1.165) is 10.2 Å². The number of carbonyl (C=O) groups is 1. The van der Waals surface area contributed by atoms with Crippen molar-refractivity contribution < 1.29 is 9.72 Å². The van der Waals surface area contributed by atoms with Gasteiger partial charge in [0, 0.05) is 45.8 Å². The van der Waals surface area contributed by atoms with Gasteiger partial charge in [0.2, 0.25) is 5.95 Å². The molecular weight excluding hydrogens is 602 g/mol. The number of nitrogens with one attached hydrogen (secondary N) is 2. The molecule has 0 fully saturated rings. The quantitative estimate of drug-likeness (QED) is 0.171. The van der Waals surface area contributed by atoms with E-state index in [1.807, 2.05) is 50.4 Å². The molecule has 2 aromatic carbocycles. The highest BCUT2D eigenvalue weighted by Crippen LogP contribution is 2.41. The van der Waals surface area contributed by atoms with Crippen molar-refractivity contribution in [2.45, 2.75) is 19.9 Å². The smallest absolute Gasteiger partial charge is 0.269 e. The van der Waals surface area contributed by atoms with Crippen molar-refractivity contribution in [2.24, 2.45) is 5.92 Å². The molecule has 6 rings (SSSR count). The van der Waals surface area contributed by atoms with Gasteiger partial charge in [-0.2, -0.15) is 15.2 Å². The number of non-ortho nitro benzene ring substituents is 1. The van der Waals surface area contributed by atoms with Crippen LogP contribution in [0.1, 0.15) is 25.5 Å². The number of nitrogens with zero attached hydrogens (tertiary/aromatic N) is 7. The maximum absolute atomic E-state index is 14.1. The number of nitro benzene ring substituents is 1. The SMILES string of the molecule is CC(C)C1=C(C(=O)Nc2ccc(Br)cn2)C(c2cn(-c3ccccc3)nc2-c2ccc([N+](=O)[O-])cc2)n2ncnc2N1. The molecule has 5 aromatic rings. The molecule has 1 aliphatic rings. The molecule has 12 nitrogen and oxygen atoms in total. The summed E-state index contributed by atoms with van der Waals surface area (Å²) in [6, 6.07) is 18.5. The zero-order valence-corrected chi connectivity index (χ0v) is 24.1. The van der Waals surface area contributed by atoms with Gasteiger partial charge in [-0.25, -0.2) is 14.3 Å². The van der Waals surface area contributed by atoms with E-state index in [4.69, 9.17) is 5.10 Å². The molecule has 2 N–H and O–H groups in total. The Morgan fingerprint density at radius 3 is 2.50 bits per heavy atom. The monoisotopic (exact) mass is 625 g/mol. The van der Waals surface area contributed by atoms with Crippen molar-refractivity contribution in [3.05, 3.63) is 117 Å². The van der Waals surface area contributed by atoms with Crippen molar-refractivity contribution >= 4 is 39.3 Å². The van der Waals surface area contributed by atoms with Crippen LogP contribution in [-0.4, -0.2) is 40.4 Å². The Morgan fingerprint density at radius 2 is 1.83 bits per heavy atom. The van der Waals surface area contributed by atoms with E-state index in [-0.39, 0.29) is 17.5 Å². The first-order valence-corrected chi connectivity index (χ1v) is 13.8. The number of rotatable bonds is 7. The van der Waals surface area contributed by atoms with Gasteiger partial charge in [-0.1, -0.05) is 32.0 Å². The summed E-state index contributed by atoms with van der Waals surface area (Å²) >= 11 is 3.37. The zero-order valence-electron chi connectivity index (χ0n) is 22.5. The number of carbonyl (C=O) groups excluding carboxylic acids is 1. The van der Waals surface area contributed by atoms with Crippen LogP contribution >= 0.6 is 15.9 Å². The average molecular weight is 626 g/mol. The zero-order chi connectivity index (χ0) is 29.4. The van der Waals surface area contributed by atoms with Gasteiger partial charge in [-0.05, 0) is 58.2 Å². The van der Waals surface area contributed by atoms with Crippen molar-refractivity contribution in [3.8, 4) is 16.9 Å². The van der Waals surface area contributed by atoms with E-state index >= 15 is 0 Å². The minimum Gasteiger partial charge on any atom is -0.327 e. The highest BCUT2D eigenvalue weighted by Gasteiger charge is 2.38. The largest absolute Gasteiger partial charge is 0.327 e. The fraction of sp³-hybridized carbons (Fsp3) is 0.138. The number of pyridine rings is 1. The number of nitro groups is 1. The summed E-state index contributed by atoms with van der Waals surface area (Å²) in [5.74, 6) is 0.416. The predicted octanol–water partition coefficient (Wildman–Crippen LogP) is 5.76. The number of benzene rings is 2. The molecule has 1 amide bonds. The Kier molecular flexibility index (Phi) is 7.08. The van der Waals surface area contributed by atoms with E-state index in [2.05, 4.69) is 41.6 Å². The molecule has 42 heavy (non-hydrogen) atoms. The van der Waals surface area contributed by atoms with Gasteiger partial charge in [0.05, 0.1) is 21.9 Å². The second-order valence-corrected chi connectivity index (χ2v) is 10.8. The number of amides is 1. The van der Waals surface area contributed by atoms with Crippen molar-refractivity contribution in [1.82, 2.24) is 29.5 Å². The summed E-state index contributed by atoms with van der Waals surface area (Å²) in [5, 5.41) is 27.0. The molecule has 4 heterocycles. The van der Waals surface area contributed by atoms with E-state index in [1.165, 1.54) is 18.5 Å². The van der Waals surface area contributed by atoms with Crippen LogP contribution in [0, 0.1) is 16.0 Å². The van der Waals surface area contributed by atoms with Crippen LogP contribution in [0.4, 0.5) is 17.5 Å². The maximum atomic E-state index is 14.1. The molecule has 0 saturated carbocycles. The van der Waals surface area contributed by atoms with E-state index in [9.17, 15) is 14.9 Å². The fourth-order valence-corrected chi connectivity index (χ4v) is 5.11. The lowest BCUT2D eigenvalue weighted by Gasteiger charge is -2.31. The molecule has 210 valence electrons. The van der Waals surface area contributed by atoms with Crippen LogP contribution < -0.4 is 10.6 Å². The van der Waals surface area contributed by atoms with E-state index in [1.54, 1.807) is 39.8 Å².